The van der Waals surface area contributed by atoms with Gasteiger partial charge >= 0.3 is 6.03 Å². The smallest absolute Gasteiger partial charge is 0.325 e. The molecule has 2 amide bonds. The summed E-state index contributed by atoms with van der Waals surface area (Å²) in [4.78, 5) is 9.98. The summed E-state index contributed by atoms with van der Waals surface area (Å²) in [5.41, 5.74) is 4.54. The van der Waals surface area contributed by atoms with Gasteiger partial charge in [0.1, 0.15) is 0 Å². The number of primary amides is 1. The summed E-state index contributed by atoms with van der Waals surface area (Å²) < 4.78 is 22.6. The summed E-state index contributed by atoms with van der Waals surface area (Å²) in [5, 5.41) is 0. The number of carbonyl (C=O) groups is 1. The van der Waals surface area contributed by atoms with Gasteiger partial charge in [0.25, 0.3) is 0 Å². The molecule has 5 nitrogen and oxygen atoms in total. The standard InChI is InChI=1S/C3H7ClN2O3S/c4-1-2-10(8,9)6-3(5)7/h1-2H2,(H3,5,6,7). The molecule has 60 valence electrons. The number of alkyl halides is 1. The van der Waals surface area contributed by atoms with E-state index in [-0.39, 0.29) is 11.6 Å². The number of amides is 2. The third-order valence-corrected chi connectivity index (χ3v) is 2.27. The van der Waals surface area contributed by atoms with Crippen molar-refractivity contribution < 1.29 is 13.2 Å². The normalized spacial score (nSPS) is 10.9. The van der Waals surface area contributed by atoms with Gasteiger partial charge in [-0.2, -0.15) is 0 Å². The Morgan fingerprint density at radius 3 is 2.40 bits per heavy atom. The van der Waals surface area contributed by atoms with Crippen LogP contribution in [0.5, 0.6) is 0 Å². The van der Waals surface area contributed by atoms with Crippen LogP contribution in [0.15, 0.2) is 0 Å². The molecule has 0 saturated heterocycles. The Labute approximate surface area is 63.6 Å². The zero-order valence-corrected chi connectivity index (χ0v) is 6.57. The molecule has 0 saturated carbocycles. The minimum atomic E-state index is -3.59. The summed E-state index contributed by atoms with van der Waals surface area (Å²) >= 11 is 5.10. The number of rotatable bonds is 3. The van der Waals surface area contributed by atoms with Crippen LogP contribution in [-0.2, 0) is 10.0 Å². The molecule has 0 spiro atoms. The number of nitrogens with two attached hydrogens (primary N) is 1. The second-order valence-electron chi connectivity index (χ2n) is 1.47. The summed E-state index contributed by atoms with van der Waals surface area (Å²) in [7, 11) is -3.59. The highest BCUT2D eigenvalue weighted by molar-refractivity contribution is 7.90. The molecule has 7 heteroatoms. The van der Waals surface area contributed by atoms with Crippen LogP contribution in [0.2, 0.25) is 0 Å². The fourth-order valence-corrected chi connectivity index (χ4v) is 1.53. The number of nitrogens with one attached hydrogen (secondary N) is 1. The summed E-state index contributed by atoms with van der Waals surface area (Å²) in [5.74, 6) is -0.375. The Morgan fingerprint density at radius 1 is 1.60 bits per heavy atom. The number of sulfonamides is 1. The van der Waals surface area contributed by atoms with E-state index in [2.05, 4.69) is 5.73 Å². The first-order chi connectivity index (χ1) is 4.48. The SMILES string of the molecule is NC(=O)NS(=O)(=O)CCCl. The van der Waals surface area contributed by atoms with E-state index in [4.69, 9.17) is 11.6 Å². The molecule has 0 aliphatic rings. The van der Waals surface area contributed by atoms with Gasteiger partial charge in [0.05, 0.1) is 5.75 Å². The molecule has 0 fully saturated rings. The molecule has 0 bridgehead atoms. The lowest BCUT2D eigenvalue weighted by Gasteiger charge is -1.99. The minimum absolute atomic E-state index is 0.0669. The van der Waals surface area contributed by atoms with Gasteiger partial charge in [-0.1, -0.05) is 0 Å². The van der Waals surface area contributed by atoms with Crippen molar-refractivity contribution in [2.45, 2.75) is 0 Å². The van der Waals surface area contributed by atoms with Crippen LogP contribution in [0, 0.1) is 0 Å². The average Bonchev–Trinajstić information content (AvgIpc) is 1.59. The van der Waals surface area contributed by atoms with Crippen molar-refractivity contribution in [1.29, 1.82) is 0 Å². The summed E-state index contributed by atoms with van der Waals surface area (Å²) in [6.07, 6.45) is 0. The first-order valence-corrected chi connectivity index (χ1v) is 4.52. The van der Waals surface area contributed by atoms with Crippen molar-refractivity contribution in [1.82, 2.24) is 4.72 Å². The highest BCUT2D eigenvalue weighted by Crippen LogP contribution is 1.85. The lowest BCUT2D eigenvalue weighted by atomic mass is 11.0. The zero-order chi connectivity index (χ0) is 8.20. The van der Waals surface area contributed by atoms with Gasteiger partial charge in [0, 0.05) is 5.88 Å². The fraction of sp³-hybridized carbons (Fsp3) is 0.667. The van der Waals surface area contributed by atoms with Gasteiger partial charge in [-0.3, -0.25) is 0 Å². The molecule has 0 atom stereocenters. The Balaban J connectivity index is 4.02. The maximum Gasteiger partial charge on any atom is 0.325 e. The summed E-state index contributed by atoms with van der Waals surface area (Å²) in [6, 6.07) is -1.09. The van der Waals surface area contributed by atoms with Crippen LogP contribution in [0.3, 0.4) is 0 Å². The predicted molar refractivity (Wildman–Crippen MR) is 37.2 cm³/mol. The minimum Gasteiger partial charge on any atom is -0.351 e. The monoisotopic (exact) mass is 186 g/mol. The topological polar surface area (TPSA) is 89.3 Å². The van der Waals surface area contributed by atoms with E-state index >= 15 is 0 Å². The van der Waals surface area contributed by atoms with Crippen LogP contribution in [0.25, 0.3) is 0 Å². The maximum atomic E-state index is 10.5. The Kier molecular flexibility index (Phi) is 3.45. The first-order valence-electron chi connectivity index (χ1n) is 2.34. The summed E-state index contributed by atoms with van der Waals surface area (Å²) in [6.45, 7) is 0. The van der Waals surface area contributed by atoms with E-state index in [9.17, 15) is 13.2 Å². The number of hydrogen-bond donors (Lipinski definition) is 2. The molecule has 0 unspecified atom stereocenters. The Bertz CT molecular complexity index is 212. The van der Waals surface area contributed by atoms with Gasteiger partial charge in [0.2, 0.25) is 10.0 Å². The van der Waals surface area contributed by atoms with Gasteiger partial charge in [0.15, 0.2) is 0 Å². The molecular weight excluding hydrogens is 180 g/mol. The lowest BCUT2D eigenvalue weighted by molar-refractivity contribution is 0.253. The van der Waals surface area contributed by atoms with Crippen molar-refractivity contribution in [3.63, 3.8) is 0 Å². The van der Waals surface area contributed by atoms with Gasteiger partial charge in [-0.25, -0.2) is 17.9 Å². The third-order valence-electron chi connectivity index (χ3n) is 0.602. The van der Waals surface area contributed by atoms with E-state index in [1.54, 1.807) is 4.72 Å². The number of hydrogen-bond acceptors (Lipinski definition) is 3. The van der Waals surface area contributed by atoms with Crippen LogP contribution in [-0.4, -0.2) is 26.1 Å². The van der Waals surface area contributed by atoms with Crippen LogP contribution in [0.4, 0.5) is 4.79 Å². The molecule has 0 aromatic carbocycles. The van der Waals surface area contributed by atoms with Gasteiger partial charge in [-0.15, -0.1) is 11.6 Å². The van der Waals surface area contributed by atoms with Crippen molar-refractivity contribution in [2.24, 2.45) is 5.73 Å². The van der Waals surface area contributed by atoms with E-state index in [1.165, 1.54) is 0 Å². The maximum absolute atomic E-state index is 10.5. The Hall–Kier alpha value is -0.490. The highest BCUT2D eigenvalue weighted by atomic mass is 35.5. The molecule has 0 rings (SSSR count). The van der Waals surface area contributed by atoms with Crippen LogP contribution in [0.1, 0.15) is 0 Å². The average molecular weight is 187 g/mol. The second kappa shape index (κ2) is 3.62. The molecular formula is C3H7ClN2O3S. The molecule has 0 heterocycles. The van der Waals surface area contributed by atoms with Crippen LogP contribution < -0.4 is 10.5 Å². The molecule has 3 N–H and O–H groups in total. The van der Waals surface area contributed by atoms with Crippen LogP contribution >= 0.6 is 11.6 Å². The number of halogens is 1. The highest BCUT2D eigenvalue weighted by Gasteiger charge is 2.09. The van der Waals surface area contributed by atoms with Crippen molar-refractivity contribution >= 4 is 27.7 Å². The van der Waals surface area contributed by atoms with E-state index < -0.39 is 16.1 Å². The Morgan fingerprint density at radius 2 is 2.10 bits per heavy atom. The number of urea groups is 1. The third kappa shape index (κ3) is 4.39. The largest absolute Gasteiger partial charge is 0.351 e. The van der Waals surface area contributed by atoms with E-state index in [1.807, 2.05) is 0 Å². The quantitative estimate of drug-likeness (QED) is 0.567. The van der Waals surface area contributed by atoms with E-state index in [0.29, 0.717) is 0 Å². The number of carbonyl (C=O) groups excluding carboxylic acids is 1. The molecule has 0 aliphatic carbocycles. The molecule has 0 aromatic heterocycles. The van der Waals surface area contributed by atoms with Gasteiger partial charge < -0.3 is 5.73 Å². The van der Waals surface area contributed by atoms with Gasteiger partial charge in [-0.05, 0) is 0 Å². The van der Waals surface area contributed by atoms with E-state index in [0.717, 1.165) is 0 Å². The van der Waals surface area contributed by atoms with Crippen molar-refractivity contribution in [3.05, 3.63) is 0 Å². The first kappa shape index (κ1) is 9.51. The zero-order valence-electron chi connectivity index (χ0n) is 5.00. The van der Waals surface area contributed by atoms with Crippen molar-refractivity contribution in [2.75, 3.05) is 11.6 Å². The lowest BCUT2D eigenvalue weighted by Crippen LogP contribution is -2.36. The molecule has 0 aromatic rings. The fourth-order valence-electron chi connectivity index (χ4n) is 0.306. The van der Waals surface area contributed by atoms with Crippen molar-refractivity contribution in [3.8, 4) is 0 Å². The molecule has 0 aliphatic heterocycles. The predicted octanol–water partition coefficient (Wildman–Crippen LogP) is -0.777. The molecule has 10 heavy (non-hydrogen) atoms. The second-order valence-corrected chi connectivity index (χ2v) is 3.69. The molecule has 0 radical (unpaired) electrons.